The Hall–Kier alpha value is -1.75. The summed E-state index contributed by atoms with van der Waals surface area (Å²) in [6.45, 7) is 3.86. The summed E-state index contributed by atoms with van der Waals surface area (Å²) in [4.78, 5) is 4.88. The molecule has 2 aromatic rings. The second kappa shape index (κ2) is 8.09. The molecular weight excluding hydrogens is 336 g/mol. The average Bonchev–Trinajstić information content (AvgIpc) is 2.64. The van der Waals surface area contributed by atoms with Crippen LogP contribution in [0.25, 0.3) is 0 Å². The zero-order chi connectivity index (χ0) is 17.8. The van der Waals surface area contributed by atoms with Gasteiger partial charge in [-0.3, -0.25) is 4.90 Å². The van der Waals surface area contributed by atoms with Crippen molar-refractivity contribution in [3.63, 3.8) is 0 Å². The van der Waals surface area contributed by atoms with Crippen LogP contribution in [0.15, 0.2) is 42.5 Å². The van der Waals surface area contributed by atoms with E-state index in [1.165, 1.54) is 5.56 Å². The van der Waals surface area contributed by atoms with Gasteiger partial charge in [-0.25, -0.2) is 0 Å². The normalized spacial score (nSPS) is 19.0. The first-order valence-corrected chi connectivity index (χ1v) is 8.88. The summed E-state index contributed by atoms with van der Waals surface area (Å²) in [5, 5.41) is 0.615. The molecule has 0 spiro atoms. The third kappa shape index (κ3) is 4.09. The Morgan fingerprint density at radius 1 is 1.04 bits per heavy atom. The van der Waals surface area contributed by atoms with E-state index in [4.69, 9.17) is 21.1 Å². The first kappa shape index (κ1) is 18.1. The van der Waals surface area contributed by atoms with Gasteiger partial charge in [0, 0.05) is 43.9 Å². The minimum Gasteiger partial charge on any atom is -0.496 e. The van der Waals surface area contributed by atoms with Gasteiger partial charge in [-0.2, -0.15) is 0 Å². The first-order chi connectivity index (χ1) is 12.1. The number of hydrogen-bond acceptors (Lipinski definition) is 4. The molecule has 0 saturated carbocycles. The largest absolute Gasteiger partial charge is 0.496 e. The Labute approximate surface area is 154 Å². The fourth-order valence-corrected chi connectivity index (χ4v) is 3.67. The molecule has 1 heterocycles. The minimum atomic E-state index is 0.352. The molecule has 0 N–H and O–H groups in total. The Kier molecular flexibility index (Phi) is 5.84. The van der Waals surface area contributed by atoms with E-state index in [2.05, 4.69) is 47.2 Å². The highest BCUT2D eigenvalue weighted by Crippen LogP contribution is 2.35. The molecule has 1 atom stereocenters. The number of halogens is 1. The number of hydrogen-bond donors (Lipinski definition) is 0. The molecule has 134 valence electrons. The van der Waals surface area contributed by atoms with Gasteiger partial charge in [0.2, 0.25) is 0 Å². The van der Waals surface area contributed by atoms with Crippen molar-refractivity contribution >= 4 is 11.6 Å². The third-order valence-corrected chi connectivity index (χ3v) is 5.10. The Bertz CT molecular complexity index is 708. The van der Waals surface area contributed by atoms with Gasteiger partial charge < -0.3 is 14.4 Å². The minimum absolute atomic E-state index is 0.352. The van der Waals surface area contributed by atoms with Gasteiger partial charge in [-0.05, 0) is 18.7 Å². The van der Waals surface area contributed by atoms with Gasteiger partial charge in [0.25, 0.3) is 0 Å². The van der Waals surface area contributed by atoms with Crippen molar-refractivity contribution in [2.45, 2.75) is 12.6 Å². The molecule has 0 radical (unpaired) electrons. The SMILES string of the molecule is COc1cc(OC)c(CN2CCN(C)C[C@@H]2c2ccccc2)cc1Cl. The number of benzene rings is 2. The van der Waals surface area contributed by atoms with Crippen LogP contribution < -0.4 is 9.47 Å². The van der Waals surface area contributed by atoms with E-state index in [1.54, 1.807) is 14.2 Å². The smallest absolute Gasteiger partial charge is 0.141 e. The summed E-state index contributed by atoms with van der Waals surface area (Å²) in [5.41, 5.74) is 2.42. The van der Waals surface area contributed by atoms with Crippen LogP contribution in [-0.2, 0) is 6.54 Å². The Balaban J connectivity index is 1.88. The van der Waals surface area contributed by atoms with Crippen molar-refractivity contribution < 1.29 is 9.47 Å². The van der Waals surface area contributed by atoms with Gasteiger partial charge >= 0.3 is 0 Å². The van der Waals surface area contributed by atoms with Crippen LogP contribution in [0, 0.1) is 0 Å². The van der Waals surface area contributed by atoms with Crippen LogP contribution >= 0.6 is 11.6 Å². The van der Waals surface area contributed by atoms with Crippen molar-refractivity contribution in [3.8, 4) is 11.5 Å². The van der Waals surface area contributed by atoms with Gasteiger partial charge in [0.1, 0.15) is 11.5 Å². The van der Waals surface area contributed by atoms with E-state index in [9.17, 15) is 0 Å². The molecule has 4 nitrogen and oxygen atoms in total. The molecule has 0 aliphatic carbocycles. The van der Waals surface area contributed by atoms with E-state index in [1.807, 2.05) is 12.1 Å². The first-order valence-electron chi connectivity index (χ1n) is 8.50. The number of nitrogens with zero attached hydrogens (tertiary/aromatic N) is 2. The summed E-state index contributed by atoms with van der Waals surface area (Å²) in [7, 11) is 5.48. The number of ether oxygens (including phenoxy) is 2. The maximum atomic E-state index is 6.35. The predicted octanol–water partition coefficient (Wildman–Crippen LogP) is 3.85. The van der Waals surface area contributed by atoms with E-state index in [-0.39, 0.29) is 0 Å². The fraction of sp³-hybridized carbons (Fsp3) is 0.400. The van der Waals surface area contributed by atoms with Gasteiger partial charge in [0.05, 0.1) is 19.2 Å². The summed E-state index contributed by atoms with van der Waals surface area (Å²) in [6, 6.07) is 14.9. The lowest BCUT2D eigenvalue weighted by Gasteiger charge is -2.40. The zero-order valence-corrected chi connectivity index (χ0v) is 15.8. The van der Waals surface area contributed by atoms with Crippen molar-refractivity contribution in [3.05, 3.63) is 58.6 Å². The van der Waals surface area contributed by atoms with Crippen LogP contribution in [0.5, 0.6) is 11.5 Å². The summed E-state index contributed by atoms with van der Waals surface area (Å²) < 4.78 is 10.9. The van der Waals surface area contributed by atoms with Crippen molar-refractivity contribution in [1.29, 1.82) is 0 Å². The van der Waals surface area contributed by atoms with Gasteiger partial charge in [0.15, 0.2) is 0 Å². The molecule has 3 rings (SSSR count). The molecule has 0 unspecified atom stereocenters. The zero-order valence-electron chi connectivity index (χ0n) is 15.0. The number of piperazine rings is 1. The lowest BCUT2D eigenvalue weighted by Crippen LogP contribution is -2.46. The van der Waals surface area contributed by atoms with Crippen molar-refractivity contribution in [2.75, 3.05) is 40.9 Å². The maximum absolute atomic E-state index is 6.35. The van der Waals surface area contributed by atoms with Crippen LogP contribution in [0.4, 0.5) is 0 Å². The fourth-order valence-electron chi connectivity index (χ4n) is 3.40. The maximum Gasteiger partial charge on any atom is 0.141 e. The van der Waals surface area contributed by atoms with E-state index in [0.29, 0.717) is 16.8 Å². The lowest BCUT2D eigenvalue weighted by molar-refractivity contribution is 0.0826. The average molecular weight is 361 g/mol. The topological polar surface area (TPSA) is 24.9 Å². The van der Waals surface area contributed by atoms with E-state index < -0.39 is 0 Å². The number of rotatable bonds is 5. The van der Waals surface area contributed by atoms with E-state index in [0.717, 1.165) is 37.5 Å². The molecule has 0 aromatic heterocycles. The second-order valence-corrected chi connectivity index (χ2v) is 6.87. The van der Waals surface area contributed by atoms with Crippen LogP contribution in [0.1, 0.15) is 17.2 Å². The summed E-state index contributed by atoms with van der Waals surface area (Å²) in [6.07, 6.45) is 0. The summed E-state index contributed by atoms with van der Waals surface area (Å²) in [5.74, 6) is 1.45. The standard InChI is InChI=1S/C20H25ClN2O2/c1-22-9-10-23(18(14-22)15-7-5-4-6-8-15)13-16-11-17(21)20(25-3)12-19(16)24-2/h4-8,11-12,18H,9-10,13-14H2,1-3H3/t18-/m1/s1. The Morgan fingerprint density at radius 2 is 1.76 bits per heavy atom. The highest BCUT2D eigenvalue weighted by atomic mass is 35.5. The van der Waals surface area contributed by atoms with E-state index >= 15 is 0 Å². The van der Waals surface area contributed by atoms with Crippen LogP contribution in [0.2, 0.25) is 5.02 Å². The monoisotopic (exact) mass is 360 g/mol. The molecule has 1 saturated heterocycles. The molecule has 1 fully saturated rings. The number of likely N-dealkylation sites (N-methyl/N-ethyl adjacent to an activating group) is 1. The Morgan fingerprint density at radius 3 is 2.44 bits per heavy atom. The van der Waals surface area contributed by atoms with Crippen LogP contribution in [-0.4, -0.2) is 50.7 Å². The van der Waals surface area contributed by atoms with Gasteiger partial charge in [-0.1, -0.05) is 41.9 Å². The van der Waals surface area contributed by atoms with Crippen molar-refractivity contribution in [2.24, 2.45) is 0 Å². The van der Waals surface area contributed by atoms with Gasteiger partial charge in [-0.15, -0.1) is 0 Å². The highest BCUT2D eigenvalue weighted by Gasteiger charge is 2.27. The molecule has 5 heteroatoms. The molecule has 25 heavy (non-hydrogen) atoms. The van der Waals surface area contributed by atoms with Crippen LogP contribution in [0.3, 0.4) is 0 Å². The summed E-state index contributed by atoms with van der Waals surface area (Å²) >= 11 is 6.35. The third-order valence-electron chi connectivity index (χ3n) is 4.81. The molecule has 1 aliphatic heterocycles. The molecule has 0 amide bonds. The second-order valence-electron chi connectivity index (χ2n) is 6.46. The van der Waals surface area contributed by atoms with Crippen molar-refractivity contribution in [1.82, 2.24) is 9.80 Å². The molecule has 1 aliphatic rings. The molecule has 2 aromatic carbocycles. The lowest BCUT2D eigenvalue weighted by atomic mass is 10.0. The predicted molar refractivity (Wildman–Crippen MR) is 102 cm³/mol. The number of methoxy groups -OCH3 is 2. The quantitative estimate of drug-likeness (QED) is 0.808. The molecular formula is C20H25ClN2O2. The highest BCUT2D eigenvalue weighted by molar-refractivity contribution is 6.32. The molecule has 0 bridgehead atoms.